The van der Waals surface area contributed by atoms with E-state index in [0.29, 0.717) is 51.9 Å². The van der Waals surface area contributed by atoms with E-state index >= 15 is 0 Å². The molecule has 1 aliphatic heterocycles. The standard InChI is InChI=1S/C37H31FN8O2/c38-27-16-25(18-29(20-27)48-15-14-46-12-4-5-13-46)30-10-11-40-35-33(30)42-36(43-35)34-31-19-24(8-9-32(31)44-45-34)26-17-28(22-39-21-26)41-37(47)23-6-2-1-3-7-23/h1-3,6-11,16-22H,4-5,12-15H2,(H,41,47)(H,44,45)(H,40,42,43). The second-order valence-electron chi connectivity index (χ2n) is 11.8. The minimum Gasteiger partial charge on any atom is -0.492 e. The number of imidazole rings is 1. The summed E-state index contributed by atoms with van der Waals surface area (Å²) in [6, 6.07) is 23.4. The fourth-order valence-electron chi connectivity index (χ4n) is 6.19. The summed E-state index contributed by atoms with van der Waals surface area (Å²) in [6.45, 7) is 3.48. The van der Waals surface area contributed by atoms with E-state index in [9.17, 15) is 9.18 Å². The number of anilines is 1. The van der Waals surface area contributed by atoms with Crippen LogP contribution >= 0.6 is 0 Å². The van der Waals surface area contributed by atoms with Gasteiger partial charge >= 0.3 is 0 Å². The molecule has 0 atom stereocenters. The molecule has 8 rings (SSSR count). The van der Waals surface area contributed by atoms with Crippen molar-refractivity contribution >= 4 is 33.7 Å². The molecule has 11 heteroatoms. The van der Waals surface area contributed by atoms with Crippen molar-refractivity contribution in [2.45, 2.75) is 12.8 Å². The van der Waals surface area contributed by atoms with Crippen molar-refractivity contribution in [3.63, 3.8) is 0 Å². The maximum Gasteiger partial charge on any atom is 0.255 e. The number of ether oxygens (including phenoxy) is 1. The van der Waals surface area contributed by atoms with E-state index in [1.165, 1.54) is 25.0 Å². The van der Waals surface area contributed by atoms with E-state index in [1.807, 2.05) is 54.6 Å². The summed E-state index contributed by atoms with van der Waals surface area (Å²) in [4.78, 5) is 32.2. The number of aromatic amines is 2. The Morgan fingerprint density at radius 2 is 1.81 bits per heavy atom. The van der Waals surface area contributed by atoms with Gasteiger partial charge in [0.1, 0.15) is 29.4 Å². The molecule has 3 aromatic carbocycles. The third kappa shape index (κ3) is 5.98. The van der Waals surface area contributed by atoms with E-state index in [2.05, 4.69) is 35.4 Å². The number of aromatic nitrogens is 6. The van der Waals surface area contributed by atoms with Crippen LogP contribution in [0.25, 0.3) is 55.8 Å². The van der Waals surface area contributed by atoms with Crippen molar-refractivity contribution in [1.29, 1.82) is 0 Å². The maximum atomic E-state index is 14.8. The van der Waals surface area contributed by atoms with Crippen LogP contribution in [0.3, 0.4) is 0 Å². The molecule has 0 saturated carbocycles. The number of rotatable bonds is 9. The van der Waals surface area contributed by atoms with Crippen LogP contribution in [-0.2, 0) is 0 Å². The molecule has 5 heterocycles. The lowest BCUT2D eigenvalue weighted by Crippen LogP contribution is -2.25. The van der Waals surface area contributed by atoms with Crippen molar-refractivity contribution < 1.29 is 13.9 Å². The Hall–Kier alpha value is -5.94. The Morgan fingerprint density at radius 1 is 0.938 bits per heavy atom. The quantitative estimate of drug-likeness (QED) is 0.154. The van der Waals surface area contributed by atoms with Gasteiger partial charge in [0.15, 0.2) is 11.5 Å². The van der Waals surface area contributed by atoms with Crippen LogP contribution in [0, 0.1) is 5.82 Å². The monoisotopic (exact) mass is 638 g/mol. The largest absolute Gasteiger partial charge is 0.492 e. The highest BCUT2D eigenvalue weighted by Crippen LogP contribution is 2.34. The Bertz CT molecular complexity index is 2260. The number of H-pyrrole nitrogens is 2. The van der Waals surface area contributed by atoms with Gasteiger partial charge in [-0.15, -0.1) is 0 Å². The van der Waals surface area contributed by atoms with Gasteiger partial charge < -0.3 is 15.0 Å². The molecule has 1 fully saturated rings. The third-order valence-corrected chi connectivity index (χ3v) is 8.59. The number of hydrogen-bond donors (Lipinski definition) is 3. The first-order chi connectivity index (χ1) is 23.6. The summed E-state index contributed by atoms with van der Waals surface area (Å²) in [5, 5.41) is 11.4. The molecular weight excluding hydrogens is 607 g/mol. The first kappa shape index (κ1) is 29.5. The van der Waals surface area contributed by atoms with Gasteiger partial charge in [0, 0.05) is 47.1 Å². The highest BCUT2D eigenvalue weighted by atomic mass is 19.1. The zero-order chi connectivity index (χ0) is 32.5. The van der Waals surface area contributed by atoms with E-state index in [4.69, 9.17) is 9.72 Å². The number of likely N-dealkylation sites (tertiary alicyclic amines) is 1. The molecule has 0 bridgehead atoms. The summed E-state index contributed by atoms with van der Waals surface area (Å²) in [7, 11) is 0. The number of amides is 1. The highest BCUT2D eigenvalue weighted by molar-refractivity contribution is 6.04. The van der Waals surface area contributed by atoms with Crippen molar-refractivity contribution in [2.75, 3.05) is 31.6 Å². The van der Waals surface area contributed by atoms with Crippen molar-refractivity contribution in [3.8, 4) is 39.5 Å². The average molecular weight is 639 g/mol. The fourth-order valence-corrected chi connectivity index (χ4v) is 6.19. The summed E-state index contributed by atoms with van der Waals surface area (Å²) in [6.07, 6.45) is 7.47. The summed E-state index contributed by atoms with van der Waals surface area (Å²) >= 11 is 0. The molecule has 0 radical (unpaired) electrons. The lowest BCUT2D eigenvalue weighted by molar-refractivity contribution is 0.102. The van der Waals surface area contributed by atoms with Crippen molar-refractivity contribution in [2.24, 2.45) is 0 Å². The van der Waals surface area contributed by atoms with Gasteiger partial charge in [0.25, 0.3) is 5.91 Å². The molecule has 1 amide bonds. The second kappa shape index (κ2) is 12.7. The molecule has 238 valence electrons. The number of carbonyl (C=O) groups is 1. The summed E-state index contributed by atoms with van der Waals surface area (Å²) < 4.78 is 20.8. The first-order valence-corrected chi connectivity index (χ1v) is 15.9. The molecule has 4 aromatic heterocycles. The SMILES string of the molecule is O=C(Nc1cncc(-c2ccc3[nH]nc(-c4nc5c(-c6cc(F)cc(OCCN7CCCC7)c6)ccnc5[nH]4)c3c2)c1)c1ccccc1. The Labute approximate surface area is 275 Å². The minimum atomic E-state index is -0.381. The topological polar surface area (TPSA) is 125 Å². The minimum absolute atomic E-state index is 0.209. The Balaban J connectivity index is 1.08. The maximum absolute atomic E-state index is 14.8. The molecule has 48 heavy (non-hydrogen) atoms. The number of pyridine rings is 2. The lowest BCUT2D eigenvalue weighted by Gasteiger charge is -2.15. The molecule has 7 aromatic rings. The number of nitrogens with one attached hydrogen (secondary N) is 3. The van der Waals surface area contributed by atoms with Crippen LogP contribution in [0.2, 0.25) is 0 Å². The van der Waals surface area contributed by atoms with Gasteiger partial charge in [-0.2, -0.15) is 5.10 Å². The van der Waals surface area contributed by atoms with E-state index in [0.717, 1.165) is 47.2 Å². The predicted molar refractivity (Wildman–Crippen MR) is 183 cm³/mol. The Morgan fingerprint density at radius 3 is 2.69 bits per heavy atom. The molecule has 1 saturated heterocycles. The third-order valence-electron chi connectivity index (χ3n) is 8.59. The summed E-state index contributed by atoms with van der Waals surface area (Å²) in [5.74, 6) is 0.413. The predicted octanol–water partition coefficient (Wildman–Crippen LogP) is 7.10. The number of hydrogen-bond acceptors (Lipinski definition) is 7. The van der Waals surface area contributed by atoms with E-state index in [1.54, 1.807) is 30.7 Å². The van der Waals surface area contributed by atoms with Crippen LogP contribution in [0.4, 0.5) is 10.1 Å². The number of nitrogens with zero attached hydrogens (tertiary/aromatic N) is 5. The zero-order valence-corrected chi connectivity index (χ0v) is 25.9. The van der Waals surface area contributed by atoms with Crippen molar-refractivity contribution in [3.05, 3.63) is 109 Å². The molecule has 0 aliphatic carbocycles. The number of fused-ring (bicyclic) bond motifs is 2. The zero-order valence-electron chi connectivity index (χ0n) is 25.9. The molecule has 10 nitrogen and oxygen atoms in total. The van der Waals surface area contributed by atoms with Gasteiger partial charge in [0.05, 0.1) is 17.4 Å². The van der Waals surface area contributed by atoms with E-state index < -0.39 is 0 Å². The fraction of sp³-hybridized carbons (Fsp3) is 0.162. The van der Waals surface area contributed by atoms with Gasteiger partial charge in [-0.05, 0) is 85.6 Å². The lowest BCUT2D eigenvalue weighted by atomic mass is 10.0. The molecular formula is C37H31FN8O2. The van der Waals surface area contributed by atoms with Gasteiger partial charge in [0.2, 0.25) is 0 Å². The summed E-state index contributed by atoms with van der Waals surface area (Å²) in [5.41, 5.74) is 6.84. The molecule has 0 unspecified atom stereocenters. The van der Waals surface area contributed by atoms with Gasteiger partial charge in [-0.25, -0.2) is 14.4 Å². The highest BCUT2D eigenvalue weighted by Gasteiger charge is 2.18. The smallest absolute Gasteiger partial charge is 0.255 e. The number of halogens is 1. The Kier molecular flexibility index (Phi) is 7.79. The van der Waals surface area contributed by atoms with Gasteiger partial charge in [-0.1, -0.05) is 24.3 Å². The number of benzene rings is 3. The van der Waals surface area contributed by atoms with Crippen LogP contribution in [0.1, 0.15) is 23.2 Å². The molecule has 0 spiro atoms. The average Bonchev–Trinajstić information content (AvgIpc) is 3.88. The van der Waals surface area contributed by atoms with Crippen LogP contribution < -0.4 is 10.1 Å². The first-order valence-electron chi connectivity index (χ1n) is 15.9. The second-order valence-corrected chi connectivity index (χ2v) is 11.8. The van der Waals surface area contributed by atoms with Crippen molar-refractivity contribution in [1.82, 2.24) is 35.0 Å². The van der Waals surface area contributed by atoms with Crippen LogP contribution in [-0.4, -0.2) is 67.2 Å². The number of carbonyl (C=O) groups excluding carboxylic acids is 1. The van der Waals surface area contributed by atoms with Gasteiger partial charge in [-0.3, -0.25) is 19.8 Å². The normalized spacial score (nSPS) is 13.4. The molecule has 3 N–H and O–H groups in total. The molecule has 1 aliphatic rings. The van der Waals surface area contributed by atoms with Crippen LogP contribution in [0.5, 0.6) is 5.75 Å². The van der Waals surface area contributed by atoms with Crippen LogP contribution in [0.15, 0.2) is 97.5 Å². The van der Waals surface area contributed by atoms with E-state index in [-0.39, 0.29) is 11.7 Å².